The summed E-state index contributed by atoms with van der Waals surface area (Å²) in [4.78, 5) is 11.1. The Morgan fingerprint density at radius 2 is 2.06 bits per heavy atom. The van der Waals surface area contributed by atoms with Gasteiger partial charge < -0.3 is 10.8 Å². The van der Waals surface area contributed by atoms with Gasteiger partial charge in [-0.2, -0.15) is 0 Å². The molecule has 0 radical (unpaired) electrons. The van der Waals surface area contributed by atoms with Crippen LogP contribution in [-0.4, -0.2) is 17.1 Å². The van der Waals surface area contributed by atoms with Gasteiger partial charge in [0.15, 0.2) is 0 Å². The lowest BCUT2D eigenvalue weighted by atomic mass is 9.55. The standard InChI is InChI=1S/C14H27NO2/c1-5-11(15)14(9-12(16)17)7-6-13(3,4)8-10(14)2/h10-11H,5-9,15H2,1-4H3,(H,16,17). The molecule has 100 valence electrons. The number of carbonyl (C=O) groups is 1. The number of carboxylic acids is 1. The molecule has 0 aromatic carbocycles. The Kier molecular flexibility index (Phi) is 4.23. The van der Waals surface area contributed by atoms with Crippen LogP contribution in [0, 0.1) is 16.7 Å². The summed E-state index contributed by atoms with van der Waals surface area (Å²) in [5, 5.41) is 9.17. The van der Waals surface area contributed by atoms with Crippen LogP contribution >= 0.6 is 0 Å². The molecule has 1 saturated carbocycles. The molecular formula is C14H27NO2. The molecule has 0 heterocycles. The first-order chi connectivity index (χ1) is 7.73. The molecule has 3 atom stereocenters. The van der Waals surface area contributed by atoms with E-state index in [0.717, 1.165) is 25.7 Å². The van der Waals surface area contributed by atoms with Gasteiger partial charge in [-0.3, -0.25) is 4.79 Å². The van der Waals surface area contributed by atoms with Crippen molar-refractivity contribution in [2.24, 2.45) is 22.5 Å². The molecule has 0 bridgehead atoms. The molecule has 1 rings (SSSR count). The van der Waals surface area contributed by atoms with Gasteiger partial charge in [0.25, 0.3) is 0 Å². The minimum Gasteiger partial charge on any atom is -0.481 e. The van der Waals surface area contributed by atoms with E-state index < -0.39 is 5.97 Å². The molecule has 3 N–H and O–H groups in total. The summed E-state index contributed by atoms with van der Waals surface area (Å²) in [6.45, 7) is 8.78. The highest BCUT2D eigenvalue weighted by Crippen LogP contribution is 2.52. The largest absolute Gasteiger partial charge is 0.481 e. The fraction of sp³-hybridized carbons (Fsp3) is 0.929. The third-order valence-corrected chi connectivity index (χ3v) is 4.77. The van der Waals surface area contributed by atoms with Crippen LogP contribution in [0.15, 0.2) is 0 Å². The molecule has 0 amide bonds. The van der Waals surface area contributed by atoms with Gasteiger partial charge in [-0.05, 0) is 42.4 Å². The Hall–Kier alpha value is -0.570. The fourth-order valence-electron chi connectivity index (χ4n) is 3.58. The smallest absolute Gasteiger partial charge is 0.303 e. The van der Waals surface area contributed by atoms with Crippen molar-refractivity contribution < 1.29 is 9.90 Å². The zero-order valence-electron chi connectivity index (χ0n) is 11.6. The molecule has 3 heteroatoms. The first-order valence-electron chi connectivity index (χ1n) is 6.71. The summed E-state index contributed by atoms with van der Waals surface area (Å²) >= 11 is 0. The van der Waals surface area contributed by atoms with E-state index in [0.29, 0.717) is 11.3 Å². The Morgan fingerprint density at radius 1 is 1.47 bits per heavy atom. The van der Waals surface area contributed by atoms with Crippen LogP contribution < -0.4 is 5.73 Å². The van der Waals surface area contributed by atoms with Crippen LogP contribution in [-0.2, 0) is 4.79 Å². The summed E-state index contributed by atoms with van der Waals surface area (Å²) in [5.74, 6) is -0.322. The van der Waals surface area contributed by atoms with Crippen molar-refractivity contribution in [3.63, 3.8) is 0 Å². The number of hydrogen-bond acceptors (Lipinski definition) is 2. The van der Waals surface area contributed by atoms with E-state index in [1.807, 2.05) is 0 Å². The molecule has 0 saturated heterocycles. The quantitative estimate of drug-likeness (QED) is 0.795. The summed E-state index contributed by atoms with van der Waals surface area (Å²) < 4.78 is 0. The second kappa shape index (κ2) is 4.97. The second-order valence-corrected chi connectivity index (χ2v) is 6.59. The Morgan fingerprint density at radius 3 is 2.47 bits per heavy atom. The molecule has 3 unspecified atom stereocenters. The molecular weight excluding hydrogens is 214 g/mol. The summed E-state index contributed by atoms with van der Waals surface area (Å²) in [7, 11) is 0. The van der Waals surface area contributed by atoms with Gasteiger partial charge in [0.1, 0.15) is 0 Å². The summed E-state index contributed by atoms with van der Waals surface area (Å²) in [5.41, 5.74) is 6.38. The van der Waals surface area contributed by atoms with E-state index in [1.54, 1.807) is 0 Å². The number of carboxylic acid groups (broad SMARTS) is 1. The summed E-state index contributed by atoms with van der Waals surface area (Å²) in [6, 6.07) is 0.00435. The van der Waals surface area contributed by atoms with Crippen LogP contribution in [0.3, 0.4) is 0 Å². The predicted molar refractivity (Wildman–Crippen MR) is 69.7 cm³/mol. The van der Waals surface area contributed by atoms with Crippen LogP contribution in [0.2, 0.25) is 0 Å². The van der Waals surface area contributed by atoms with Crippen LogP contribution in [0.1, 0.15) is 59.8 Å². The highest BCUT2D eigenvalue weighted by Gasteiger charge is 2.48. The molecule has 1 fully saturated rings. The van der Waals surface area contributed by atoms with Crippen molar-refractivity contribution in [3.05, 3.63) is 0 Å². The third kappa shape index (κ3) is 3.01. The third-order valence-electron chi connectivity index (χ3n) is 4.77. The van der Waals surface area contributed by atoms with Gasteiger partial charge in [-0.1, -0.05) is 27.7 Å². The topological polar surface area (TPSA) is 63.3 Å². The molecule has 0 spiro atoms. The van der Waals surface area contributed by atoms with Crippen molar-refractivity contribution in [1.29, 1.82) is 0 Å². The normalized spacial score (nSPS) is 34.3. The lowest BCUT2D eigenvalue weighted by Crippen LogP contribution is -2.51. The predicted octanol–water partition coefficient (Wildman–Crippen LogP) is 3.03. The van der Waals surface area contributed by atoms with Crippen molar-refractivity contribution in [2.45, 2.75) is 65.8 Å². The maximum absolute atomic E-state index is 11.1. The Labute approximate surface area is 105 Å². The maximum atomic E-state index is 11.1. The molecule has 0 aliphatic heterocycles. The van der Waals surface area contributed by atoms with Crippen LogP contribution in [0.5, 0.6) is 0 Å². The second-order valence-electron chi connectivity index (χ2n) is 6.59. The molecule has 1 aliphatic carbocycles. The first-order valence-corrected chi connectivity index (χ1v) is 6.71. The van der Waals surface area contributed by atoms with E-state index >= 15 is 0 Å². The van der Waals surface area contributed by atoms with Gasteiger partial charge in [0.2, 0.25) is 0 Å². The highest BCUT2D eigenvalue weighted by molar-refractivity contribution is 5.68. The van der Waals surface area contributed by atoms with E-state index in [4.69, 9.17) is 10.8 Å². The molecule has 3 nitrogen and oxygen atoms in total. The van der Waals surface area contributed by atoms with Gasteiger partial charge in [0, 0.05) is 6.04 Å². The number of aliphatic carboxylic acids is 1. The molecule has 1 aliphatic rings. The fourth-order valence-corrected chi connectivity index (χ4v) is 3.58. The van der Waals surface area contributed by atoms with E-state index in [9.17, 15) is 4.79 Å². The lowest BCUT2D eigenvalue weighted by Gasteiger charge is -2.50. The van der Waals surface area contributed by atoms with Crippen molar-refractivity contribution >= 4 is 5.97 Å². The maximum Gasteiger partial charge on any atom is 0.303 e. The van der Waals surface area contributed by atoms with Crippen molar-refractivity contribution in [2.75, 3.05) is 0 Å². The van der Waals surface area contributed by atoms with Gasteiger partial charge in [0.05, 0.1) is 6.42 Å². The minimum atomic E-state index is -0.708. The van der Waals surface area contributed by atoms with Crippen LogP contribution in [0.4, 0.5) is 0 Å². The average Bonchev–Trinajstić information content (AvgIpc) is 2.20. The molecule has 0 aromatic rings. The monoisotopic (exact) mass is 241 g/mol. The van der Waals surface area contributed by atoms with Crippen LogP contribution in [0.25, 0.3) is 0 Å². The van der Waals surface area contributed by atoms with Gasteiger partial charge >= 0.3 is 5.97 Å². The summed E-state index contributed by atoms with van der Waals surface area (Å²) in [6.07, 6.45) is 4.19. The van der Waals surface area contributed by atoms with Gasteiger partial charge in [-0.25, -0.2) is 0 Å². The number of nitrogens with two attached hydrogens (primary N) is 1. The van der Waals surface area contributed by atoms with Crippen molar-refractivity contribution in [3.8, 4) is 0 Å². The zero-order valence-corrected chi connectivity index (χ0v) is 11.6. The first kappa shape index (κ1) is 14.5. The Bertz CT molecular complexity index is 288. The van der Waals surface area contributed by atoms with E-state index in [2.05, 4.69) is 27.7 Å². The average molecular weight is 241 g/mol. The highest BCUT2D eigenvalue weighted by atomic mass is 16.4. The Balaban J connectivity index is 2.95. The number of hydrogen-bond donors (Lipinski definition) is 2. The molecule has 17 heavy (non-hydrogen) atoms. The van der Waals surface area contributed by atoms with E-state index in [-0.39, 0.29) is 17.9 Å². The zero-order chi connectivity index (χ0) is 13.3. The number of rotatable bonds is 4. The van der Waals surface area contributed by atoms with E-state index in [1.165, 1.54) is 0 Å². The minimum absolute atomic E-state index is 0.00435. The van der Waals surface area contributed by atoms with Gasteiger partial charge in [-0.15, -0.1) is 0 Å². The molecule has 0 aromatic heterocycles. The SMILES string of the molecule is CCC(N)C1(CC(=O)O)CCC(C)(C)CC1C. The van der Waals surface area contributed by atoms with Crippen molar-refractivity contribution in [1.82, 2.24) is 0 Å². The lowest BCUT2D eigenvalue weighted by molar-refractivity contribution is -0.143.